The first-order valence-electron chi connectivity index (χ1n) is 5.05. The summed E-state index contributed by atoms with van der Waals surface area (Å²) in [6.45, 7) is 2.95. The zero-order chi connectivity index (χ0) is 10.7. The smallest absolute Gasteiger partial charge is 0.159 e. The molecule has 0 aliphatic carbocycles. The lowest BCUT2D eigenvalue weighted by Gasteiger charge is -2.04. The molecular weight excluding hydrogens is 226 g/mol. The van der Waals surface area contributed by atoms with Crippen molar-refractivity contribution in [1.29, 1.82) is 0 Å². The van der Waals surface area contributed by atoms with Crippen LogP contribution in [0.25, 0.3) is 10.2 Å². The minimum absolute atomic E-state index is 0.790. The molecule has 2 nitrogen and oxygen atoms in total. The van der Waals surface area contributed by atoms with E-state index in [0.29, 0.717) is 0 Å². The van der Waals surface area contributed by atoms with Crippen molar-refractivity contribution >= 4 is 33.8 Å². The molecule has 1 N–H and O–H groups in total. The second-order valence-electron chi connectivity index (χ2n) is 3.37. The van der Waals surface area contributed by atoms with Gasteiger partial charge in [-0.1, -0.05) is 13.3 Å². The number of aromatic amines is 1. The minimum atomic E-state index is 0.790. The Labute approximate surface area is 97.9 Å². The Bertz CT molecular complexity index is 501. The number of nitrogens with one attached hydrogen (secondary N) is 1. The lowest BCUT2D eigenvalue weighted by molar-refractivity contribution is 0.310. The third-order valence-electron chi connectivity index (χ3n) is 2.16. The normalized spacial score (nSPS) is 10.7. The molecular formula is C11H13NOS2. The molecule has 1 aromatic heterocycles. The SMILES string of the molecule is CCCCOc1ccc2[nH]c(=S)sc2c1. The van der Waals surface area contributed by atoms with E-state index in [4.69, 9.17) is 17.0 Å². The fourth-order valence-corrected chi connectivity index (χ4v) is 2.49. The van der Waals surface area contributed by atoms with Gasteiger partial charge in [-0.3, -0.25) is 0 Å². The van der Waals surface area contributed by atoms with E-state index >= 15 is 0 Å². The molecule has 1 aromatic carbocycles. The predicted molar refractivity (Wildman–Crippen MR) is 67.4 cm³/mol. The number of fused-ring (bicyclic) bond motifs is 1. The highest BCUT2D eigenvalue weighted by Gasteiger charge is 1.99. The highest BCUT2D eigenvalue weighted by molar-refractivity contribution is 7.73. The molecule has 0 amide bonds. The van der Waals surface area contributed by atoms with Gasteiger partial charge in [0.05, 0.1) is 16.8 Å². The molecule has 4 heteroatoms. The van der Waals surface area contributed by atoms with E-state index in [1.54, 1.807) is 11.3 Å². The number of benzene rings is 1. The van der Waals surface area contributed by atoms with Crippen LogP contribution >= 0.6 is 23.6 Å². The van der Waals surface area contributed by atoms with Crippen LogP contribution < -0.4 is 4.74 Å². The van der Waals surface area contributed by atoms with Gasteiger partial charge in [-0.15, -0.1) is 11.3 Å². The topological polar surface area (TPSA) is 25.0 Å². The summed E-state index contributed by atoms with van der Waals surface area (Å²) in [6, 6.07) is 6.04. The first-order chi connectivity index (χ1) is 7.29. The van der Waals surface area contributed by atoms with E-state index in [0.717, 1.165) is 39.4 Å². The largest absolute Gasteiger partial charge is 0.494 e. The lowest BCUT2D eigenvalue weighted by Crippen LogP contribution is -1.95. The van der Waals surface area contributed by atoms with Crippen molar-refractivity contribution < 1.29 is 4.74 Å². The van der Waals surface area contributed by atoms with E-state index in [2.05, 4.69) is 11.9 Å². The molecule has 0 radical (unpaired) electrons. The van der Waals surface area contributed by atoms with Gasteiger partial charge in [0, 0.05) is 0 Å². The molecule has 80 valence electrons. The van der Waals surface area contributed by atoms with Gasteiger partial charge >= 0.3 is 0 Å². The van der Waals surface area contributed by atoms with Crippen molar-refractivity contribution in [1.82, 2.24) is 4.98 Å². The Hall–Kier alpha value is -0.870. The standard InChI is InChI=1S/C11H13NOS2/c1-2-3-6-13-8-4-5-9-10(7-8)15-11(14)12-9/h4-5,7H,2-3,6H2,1H3,(H,12,14). The van der Waals surface area contributed by atoms with Gasteiger partial charge in [0.1, 0.15) is 5.75 Å². The van der Waals surface area contributed by atoms with Crippen LogP contribution in [0.3, 0.4) is 0 Å². The number of unbranched alkanes of at least 4 members (excludes halogenated alkanes) is 1. The van der Waals surface area contributed by atoms with Crippen LogP contribution in [0.2, 0.25) is 0 Å². The fraction of sp³-hybridized carbons (Fsp3) is 0.364. The number of hydrogen-bond acceptors (Lipinski definition) is 3. The maximum absolute atomic E-state index is 5.62. The summed E-state index contributed by atoms with van der Waals surface area (Å²) in [4.78, 5) is 3.13. The summed E-state index contributed by atoms with van der Waals surface area (Å²) >= 11 is 6.67. The number of hydrogen-bond donors (Lipinski definition) is 1. The van der Waals surface area contributed by atoms with Gasteiger partial charge in [-0.05, 0) is 36.8 Å². The van der Waals surface area contributed by atoms with Crippen LogP contribution in [-0.4, -0.2) is 11.6 Å². The molecule has 0 saturated heterocycles. The average Bonchev–Trinajstić information content (AvgIpc) is 2.57. The molecule has 0 bridgehead atoms. The average molecular weight is 239 g/mol. The van der Waals surface area contributed by atoms with E-state index < -0.39 is 0 Å². The van der Waals surface area contributed by atoms with Crippen LogP contribution in [-0.2, 0) is 0 Å². The first kappa shape index (κ1) is 10.6. The number of rotatable bonds is 4. The number of ether oxygens (including phenoxy) is 1. The van der Waals surface area contributed by atoms with Crippen LogP contribution in [0.4, 0.5) is 0 Å². The van der Waals surface area contributed by atoms with Crippen molar-refractivity contribution in [2.45, 2.75) is 19.8 Å². The molecule has 1 heterocycles. The molecule has 15 heavy (non-hydrogen) atoms. The molecule has 0 atom stereocenters. The van der Waals surface area contributed by atoms with Crippen LogP contribution in [0, 0.1) is 3.95 Å². The second kappa shape index (κ2) is 4.77. The molecule has 0 aliphatic rings. The molecule has 2 rings (SSSR count). The fourth-order valence-electron chi connectivity index (χ4n) is 1.35. The van der Waals surface area contributed by atoms with Crippen LogP contribution in [0.1, 0.15) is 19.8 Å². The Kier molecular flexibility index (Phi) is 3.38. The Morgan fingerprint density at radius 2 is 2.33 bits per heavy atom. The zero-order valence-electron chi connectivity index (χ0n) is 8.58. The third-order valence-corrected chi connectivity index (χ3v) is 3.36. The van der Waals surface area contributed by atoms with Crippen molar-refractivity contribution in [3.05, 3.63) is 22.2 Å². The number of H-pyrrole nitrogens is 1. The minimum Gasteiger partial charge on any atom is -0.494 e. The van der Waals surface area contributed by atoms with E-state index in [1.807, 2.05) is 18.2 Å². The second-order valence-corrected chi connectivity index (χ2v) is 5.09. The van der Waals surface area contributed by atoms with E-state index in [-0.39, 0.29) is 0 Å². The first-order valence-corrected chi connectivity index (χ1v) is 6.28. The Morgan fingerprint density at radius 3 is 3.13 bits per heavy atom. The molecule has 2 aromatic rings. The number of aromatic nitrogens is 1. The van der Waals surface area contributed by atoms with E-state index in [1.165, 1.54) is 0 Å². The maximum atomic E-state index is 5.62. The van der Waals surface area contributed by atoms with Crippen molar-refractivity contribution in [3.63, 3.8) is 0 Å². The molecule has 0 saturated carbocycles. The quantitative estimate of drug-likeness (QED) is 0.641. The summed E-state index contributed by atoms with van der Waals surface area (Å²) in [6.07, 6.45) is 2.26. The van der Waals surface area contributed by atoms with Gasteiger partial charge in [0.25, 0.3) is 0 Å². The highest BCUT2D eigenvalue weighted by Crippen LogP contribution is 2.24. The van der Waals surface area contributed by atoms with Crippen molar-refractivity contribution in [2.75, 3.05) is 6.61 Å². The summed E-state index contributed by atoms with van der Waals surface area (Å²) in [5.41, 5.74) is 1.09. The van der Waals surface area contributed by atoms with Crippen molar-refractivity contribution in [3.8, 4) is 5.75 Å². The summed E-state index contributed by atoms with van der Waals surface area (Å²) in [7, 11) is 0. The molecule has 0 fully saturated rings. The van der Waals surface area contributed by atoms with Gasteiger partial charge in [0.15, 0.2) is 3.95 Å². The third kappa shape index (κ3) is 2.58. The summed E-state index contributed by atoms with van der Waals surface area (Å²) in [5.74, 6) is 0.932. The van der Waals surface area contributed by atoms with Gasteiger partial charge in [0.2, 0.25) is 0 Å². The van der Waals surface area contributed by atoms with Crippen LogP contribution in [0.5, 0.6) is 5.75 Å². The monoisotopic (exact) mass is 239 g/mol. The Morgan fingerprint density at radius 1 is 1.47 bits per heavy atom. The van der Waals surface area contributed by atoms with Crippen LogP contribution in [0.15, 0.2) is 18.2 Å². The van der Waals surface area contributed by atoms with Crippen molar-refractivity contribution in [2.24, 2.45) is 0 Å². The van der Waals surface area contributed by atoms with E-state index in [9.17, 15) is 0 Å². The zero-order valence-corrected chi connectivity index (χ0v) is 10.2. The molecule has 0 aliphatic heterocycles. The summed E-state index contributed by atoms with van der Waals surface area (Å²) < 4.78 is 7.60. The lowest BCUT2D eigenvalue weighted by atomic mass is 10.3. The maximum Gasteiger partial charge on any atom is 0.159 e. The molecule has 0 unspecified atom stereocenters. The highest BCUT2D eigenvalue weighted by atomic mass is 32.1. The Balaban J connectivity index is 2.19. The van der Waals surface area contributed by atoms with Gasteiger partial charge < -0.3 is 9.72 Å². The number of thiazole rings is 1. The summed E-state index contributed by atoms with van der Waals surface area (Å²) in [5, 5.41) is 0. The predicted octanol–water partition coefficient (Wildman–Crippen LogP) is 4.14. The van der Waals surface area contributed by atoms with Gasteiger partial charge in [-0.2, -0.15) is 0 Å². The molecule has 0 spiro atoms. The van der Waals surface area contributed by atoms with Gasteiger partial charge in [-0.25, -0.2) is 0 Å².